The van der Waals surface area contributed by atoms with Crippen molar-refractivity contribution in [3.63, 3.8) is 0 Å². The lowest BCUT2D eigenvalue weighted by Crippen LogP contribution is -2.20. The summed E-state index contributed by atoms with van der Waals surface area (Å²) in [5.41, 5.74) is 4.23. The maximum Gasteiger partial charge on any atom is 0.167 e. The lowest BCUT2D eigenvalue weighted by Gasteiger charge is -2.15. The van der Waals surface area contributed by atoms with E-state index < -0.39 is 0 Å². The highest BCUT2D eigenvalue weighted by Gasteiger charge is 2.13. The second-order valence-electron chi connectivity index (χ2n) is 5.04. The number of anilines is 1. The van der Waals surface area contributed by atoms with Gasteiger partial charge in [0.25, 0.3) is 0 Å². The molecule has 0 aliphatic carbocycles. The number of nitrogens with zero attached hydrogens (tertiary/aromatic N) is 4. The van der Waals surface area contributed by atoms with Crippen molar-refractivity contribution in [3.05, 3.63) is 34.3 Å². The highest BCUT2D eigenvalue weighted by atomic mass is 15.2. The smallest absolute Gasteiger partial charge is 0.167 e. The third-order valence-corrected chi connectivity index (χ3v) is 3.22. The first kappa shape index (κ1) is 14.0. The Labute approximate surface area is 118 Å². The van der Waals surface area contributed by atoms with Crippen molar-refractivity contribution in [2.24, 2.45) is 0 Å². The zero-order chi connectivity index (χ0) is 14.7. The summed E-state index contributed by atoms with van der Waals surface area (Å²) in [5.74, 6) is 0.537. The Balaban J connectivity index is 2.14. The van der Waals surface area contributed by atoms with Gasteiger partial charge in [-0.05, 0) is 39.3 Å². The third-order valence-electron chi connectivity index (χ3n) is 3.22. The Hall–Kier alpha value is -2.42. The van der Waals surface area contributed by atoms with Crippen LogP contribution in [-0.4, -0.2) is 26.4 Å². The molecule has 0 fully saturated rings. The van der Waals surface area contributed by atoms with E-state index in [-0.39, 0.29) is 6.04 Å². The average molecular weight is 270 g/mol. The molecule has 1 atom stereocenters. The number of hydrogen-bond acceptors (Lipinski definition) is 5. The van der Waals surface area contributed by atoms with Crippen LogP contribution in [0.25, 0.3) is 0 Å². The van der Waals surface area contributed by atoms with Crippen molar-refractivity contribution < 1.29 is 0 Å². The molecule has 2 aromatic heterocycles. The second kappa shape index (κ2) is 5.70. The summed E-state index contributed by atoms with van der Waals surface area (Å²) in [5, 5.41) is 27.8. The van der Waals surface area contributed by atoms with E-state index in [0.717, 1.165) is 29.1 Å². The summed E-state index contributed by atoms with van der Waals surface area (Å²) in [4.78, 5) is 0. The molecule has 0 aromatic carbocycles. The average Bonchev–Trinajstić information content (AvgIpc) is 2.79. The largest absolute Gasteiger partial charge is 0.365 e. The summed E-state index contributed by atoms with van der Waals surface area (Å²) in [7, 11) is 0. The molecule has 0 saturated heterocycles. The Morgan fingerprint density at radius 3 is 2.70 bits per heavy atom. The minimum atomic E-state index is 0.112. The molecule has 6 nitrogen and oxygen atoms in total. The summed E-state index contributed by atoms with van der Waals surface area (Å²) in [6.07, 6.45) is 0.754. The van der Waals surface area contributed by atoms with Gasteiger partial charge in [0.05, 0.1) is 11.4 Å². The van der Waals surface area contributed by atoms with Crippen LogP contribution in [0.5, 0.6) is 0 Å². The van der Waals surface area contributed by atoms with Crippen molar-refractivity contribution in [3.8, 4) is 6.07 Å². The number of nitriles is 1. The van der Waals surface area contributed by atoms with E-state index in [0.29, 0.717) is 11.4 Å². The van der Waals surface area contributed by atoms with Crippen LogP contribution in [0.2, 0.25) is 0 Å². The molecule has 0 aliphatic rings. The molecule has 0 amide bonds. The van der Waals surface area contributed by atoms with Crippen LogP contribution >= 0.6 is 0 Å². The first-order valence-corrected chi connectivity index (χ1v) is 6.52. The maximum absolute atomic E-state index is 9.25. The van der Waals surface area contributed by atoms with Crippen LogP contribution in [0.1, 0.15) is 35.1 Å². The highest BCUT2D eigenvalue weighted by molar-refractivity contribution is 5.56. The fourth-order valence-corrected chi connectivity index (χ4v) is 2.02. The van der Waals surface area contributed by atoms with Crippen LogP contribution in [0, 0.1) is 32.1 Å². The first-order chi connectivity index (χ1) is 9.51. The van der Waals surface area contributed by atoms with Gasteiger partial charge in [0.1, 0.15) is 11.6 Å². The molecule has 104 valence electrons. The molecule has 2 aromatic rings. The van der Waals surface area contributed by atoms with Gasteiger partial charge in [-0.25, -0.2) is 0 Å². The lowest BCUT2D eigenvalue weighted by atomic mass is 10.1. The zero-order valence-corrected chi connectivity index (χ0v) is 12.2. The van der Waals surface area contributed by atoms with Gasteiger partial charge in [-0.3, -0.25) is 5.10 Å². The molecular weight excluding hydrogens is 252 g/mol. The SMILES string of the molecule is Cc1cc(CC(C)Nc2nnc(C)c(C)c2C#N)n[nH]1. The summed E-state index contributed by atoms with van der Waals surface area (Å²) < 4.78 is 0. The maximum atomic E-state index is 9.25. The molecule has 1 unspecified atom stereocenters. The van der Waals surface area contributed by atoms with E-state index in [1.54, 1.807) is 0 Å². The number of hydrogen-bond donors (Lipinski definition) is 2. The van der Waals surface area contributed by atoms with Crippen molar-refractivity contribution >= 4 is 5.82 Å². The Bertz CT molecular complexity index is 652. The summed E-state index contributed by atoms with van der Waals surface area (Å²) in [6.45, 7) is 7.73. The molecule has 2 rings (SSSR count). The Morgan fingerprint density at radius 1 is 1.35 bits per heavy atom. The van der Waals surface area contributed by atoms with Gasteiger partial charge in [0, 0.05) is 18.2 Å². The highest BCUT2D eigenvalue weighted by Crippen LogP contribution is 2.18. The molecule has 0 bridgehead atoms. The number of aryl methyl sites for hydroxylation is 2. The normalized spacial score (nSPS) is 11.9. The summed E-state index contributed by atoms with van der Waals surface area (Å²) >= 11 is 0. The second-order valence-corrected chi connectivity index (χ2v) is 5.04. The van der Waals surface area contributed by atoms with Gasteiger partial charge in [0.15, 0.2) is 5.82 Å². The Kier molecular flexibility index (Phi) is 3.99. The molecule has 0 aliphatic heterocycles. The number of nitrogens with one attached hydrogen (secondary N) is 2. The molecule has 0 spiro atoms. The number of rotatable bonds is 4. The van der Waals surface area contributed by atoms with Gasteiger partial charge in [-0.1, -0.05) is 0 Å². The molecule has 20 heavy (non-hydrogen) atoms. The van der Waals surface area contributed by atoms with Gasteiger partial charge >= 0.3 is 0 Å². The van der Waals surface area contributed by atoms with E-state index in [2.05, 4.69) is 31.8 Å². The van der Waals surface area contributed by atoms with Crippen LogP contribution in [0.3, 0.4) is 0 Å². The zero-order valence-electron chi connectivity index (χ0n) is 12.2. The van der Waals surface area contributed by atoms with E-state index in [4.69, 9.17) is 0 Å². The van der Waals surface area contributed by atoms with Crippen LogP contribution in [0.15, 0.2) is 6.07 Å². The van der Waals surface area contributed by atoms with E-state index in [9.17, 15) is 5.26 Å². The topological polar surface area (TPSA) is 90.3 Å². The van der Waals surface area contributed by atoms with Gasteiger partial charge < -0.3 is 5.32 Å². The van der Waals surface area contributed by atoms with Crippen molar-refractivity contribution in [2.75, 3.05) is 5.32 Å². The molecule has 2 heterocycles. The third kappa shape index (κ3) is 2.94. The Morgan fingerprint density at radius 2 is 2.10 bits per heavy atom. The number of aromatic nitrogens is 4. The monoisotopic (exact) mass is 270 g/mol. The molecule has 2 N–H and O–H groups in total. The summed E-state index contributed by atoms with van der Waals surface area (Å²) in [6, 6.07) is 4.31. The predicted molar refractivity (Wildman–Crippen MR) is 76.3 cm³/mol. The fourth-order valence-electron chi connectivity index (χ4n) is 2.02. The van der Waals surface area contributed by atoms with Crippen LogP contribution < -0.4 is 5.32 Å². The number of H-pyrrole nitrogens is 1. The lowest BCUT2D eigenvalue weighted by molar-refractivity contribution is 0.753. The fraction of sp³-hybridized carbons (Fsp3) is 0.429. The van der Waals surface area contributed by atoms with Crippen LogP contribution in [-0.2, 0) is 6.42 Å². The van der Waals surface area contributed by atoms with E-state index >= 15 is 0 Å². The molecular formula is C14H18N6. The minimum Gasteiger partial charge on any atom is -0.365 e. The van der Waals surface area contributed by atoms with E-state index in [1.165, 1.54) is 0 Å². The van der Waals surface area contributed by atoms with Crippen molar-refractivity contribution in [2.45, 2.75) is 40.2 Å². The quantitative estimate of drug-likeness (QED) is 0.887. The van der Waals surface area contributed by atoms with E-state index in [1.807, 2.05) is 33.8 Å². The van der Waals surface area contributed by atoms with Crippen molar-refractivity contribution in [1.82, 2.24) is 20.4 Å². The van der Waals surface area contributed by atoms with Gasteiger partial charge in [0.2, 0.25) is 0 Å². The van der Waals surface area contributed by atoms with Gasteiger partial charge in [-0.2, -0.15) is 15.5 Å². The molecule has 0 radical (unpaired) electrons. The predicted octanol–water partition coefficient (Wildman–Crippen LogP) is 2.04. The minimum absolute atomic E-state index is 0.112. The first-order valence-electron chi connectivity index (χ1n) is 6.52. The molecule has 0 saturated carbocycles. The van der Waals surface area contributed by atoms with Crippen LogP contribution in [0.4, 0.5) is 5.82 Å². The molecule has 6 heteroatoms. The number of aromatic amines is 1. The van der Waals surface area contributed by atoms with Gasteiger partial charge in [-0.15, -0.1) is 5.10 Å². The van der Waals surface area contributed by atoms with Crippen molar-refractivity contribution in [1.29, 1.82) is 5.26 Å². The standard InChI is InChI=1S/C14H18N6/c1-8(5-12-6-9(2)17-19-12)16-14-13(7-15)10(3)11(4)18-20-14/h6,8H,5H2,1-4H3,(H,16,20)(H,17,19).